The van der Waals surface area contributed by atoms with Gasteiger partial charge in [0, 0.05) is 49.9 Å². The van der Waals surface area contributed by atoms with Gasteiger partial charge < -0.3 is 9.47 Å². The maximum Gasteiger partial charge on any atom is 0.272 e. The molecule has 2 aromatic heterocycles. The predicted octanol–water partition coefficient (Wildman–Crippen LogP) is 4.67. The van der Waals surface area contributed by atoms with Crippen molar-refractivity contribution in [2.75, 3.05) is 13.6 Å². The standard InChI is InChI=1S/C23H29F2N7O.2C2H6.3H2S/c1-29-8-7-13-9-18(26-11-20(13)29)22(33)31-12-14-3-4-15(31)5-6-16(14)19-10-17(21(24)25)27-23-28-30(2)32(19)23;2*1-2;;;/h7-11,14-17,21,23,27-28H,3-6,12H2,1-2H3;2*1-2H3;3*1H2/t14-,15+,16-,17?,23?;;;;;/m0...../s1. The minimum absolute atomic E-state index is 0. The van der Waals surface area contributed by atoms with E-state index in [0.29, 0.717) is 12.2 Å². The first-order valence-electron chi connectivity index (χ1n) is 13.7. The Labute approximate surface area is 258 Å². The first kappa shape index (κ1) is 36.5. The zero-order valence-corrected chi connectivity index (χ0v) is 27.3. The number of rotatable bonds is 3. The van der Waals surface area contributed by atoms with Crippen LogP contribution in [0, 0.1) is 11.8 Å². The topological polar surface area (TPSA) is 68.7 Å². The predicted molar refractivity (Wildman–Crippen MR) is 172 cm³/mol. The second-order valence-electron chi connectivity index (χ2n) is 9.71. The molecule has 0 aromatic carbocycles. The van der Waals surface area contributed by atoms with Crippen LogP contribution in [0.1, 0.15) is 63.9 Å². The van der Waals surface area contributed by atoms with Crippen LogP contribution in [0.2, 0.25) is 0 Å². The number of hydrazine groups is 2. The van der Waals surface area contributed by atoms with Gasteiger partial charge in [0.25, 0.3) is 12.3 Å². The van der Waals surface area contributed by atoms with Crippen molar-refractivity contribution in [3.8, 4) is 0 Å². The summed E-state index contributed by atoms with van der Waals surface area (Å²) in [6.45, 7) is 8.64. The highest BCUT2D eigenvalue weighted by Gasteiger charge is 2.48. The molecule has 4 fully saturated rings. The maximum atomic E-state index is 13.6. The van der Waals surface area contributed by atoms with Crippen molar-refractivity contribution in [3.05, 3.63) is 42.0 Å². The van der Waals surface area contributed by atoms with Crippen molar-refractivity contribution in [2.45, 2.75) is 78.2 Å². The van der Waals surface area contributed by atoms with Crippen LogP contribution in [0.3, 0.4) is 0 Å². The monoisotopic (exact) mass is 619 g/mol. The van der Waals surface area contributed by atoms with E-state index >= 15 is 0 Å². The lowest BCUT2D eigenvalue weighted by atomic mass is 9.82. The van der Waals surface area contributed by atoms with Gasteiger partial charge in [0.05, 0.1) is 17.8 Å². The van der Waals surface area contributed by atoms with E-state index in [1.807, 2.05) is 79.7 Å². The van der Waals surface area contributed by atoms with Gasteiger partial charge in [0.2, 0.25) is 0 Å². The van der Waals surface area contributed by atoms with E-state index in [-0.39, 0.29) is 70.6 Å². The molecule has 228 valence electrons. The quantitative estimate of drug-likeness (QED) is 0.521. The van der Waals surface area contributed by atoms with Crippen LogP contribution >= 0.6 is 40.5 Å². The lowest BCUT2D eigenvalue weighted by Crippen LogP contribution is -2.79. The molecule has 1 saturated carbocycles. The van der Waals surface area contributed by atoms with Crippen LogP contribution in [-0.4, -0.2) is 68.9 Å². The zero-order chi connectivity index (χ0) is 26.9. The largest absolute Gasteiger partial charge is 0.349 e. The van der Waals surface area contributed by atoms with E-state index in [1.165, 1.54) is 0 Å². The molecule has 2 aromatic rings. The Morgan fingerprint density at radius 3 is 2.38 bits per heavy atom. The Bertz CT molecular complexity index is 1130. The summed E-state index contributed by atoms with van der Waals surface area (Å²) in [5.41, 5.74) is 5.55. The Kier molecular flexibility index (Phi) is 14.3. The molecule has 7 rings (SSSR count). The summed E-state index contributed by atoms with van der Waals surface area (Å²) in [6.07, 6.45) is 6.38. The van der Waals surface area contributed by atoms with Crippen molar-refractivity contribution >= 4 is 57.3 Å². The fraction of sp³-hybridized carbons (Fsp3) is 0.630. The normalized spacial score (nSPS) is 26.7. The second-order valence-corrected chi connectivity index (χ2v) is 9.71. The van der Waals surface area contributed by atoms with Gasteiger partial charge >= 0.3 is 0 Å². The van der Waals surface area contributed by atoms with Crippen molar-refractivity contribution in [1.82, 2.24) is 35.3 Å². The molecular weight excluding hydrogens is 573 g/mol. The molecule has 2 N–H and O–H groups in total. The summed E-state index contributed by atoms with van der Waals surface area (Å²) < 4.78 is 29.2. The Balaban J connectivity index is 0.00000110. The average molecular weight is 620 g/mol. The van der Waals surface area contributed by atoms with Crippen LogP contribution < -0.4 is 10.7 Å². The minimum Gasteiger partial charge on any atom is -0.349 e. The third kappa shape index (κ3) is 6.75. The number of amides is 1. The molecule has 40 heavy (non-hydrogen) atoms. The number of aryl methyl sites for hydroxylation is 1. The molecule has 6 heterocycles. The molecule has 1 aliphatic carbocycles. The number of pyridine rings is 1. The number of piperidine rings is 1. The first-order valence-corrected chi connectivity index (χ1v) is 13.7. The Hall–Kier alpha value is -1.51. The van der Waals surface area contributed by atoms with Crippen molar-refractivity contribution < 1.29 is 13.6 Å². The molecule has 1 amide bonds. The number of aromatic nitrogens is 2. The van der Waals surface area contributed by atoms with Crippen LogP contribution in [0.25, 0.3) is 10.9 Å². The highest BCUT2D eigenvalue weighted by atomic mass is 32.1. The van der Waals surface area contributed by atoms with E-state index in [1.54, 1.807) is 12.3 Å². The van der Waals surface area contributed by atoms with E-state index < -0.39 is 12.5 Å². The van der Waals surface area contributed by atoms with E-state index in [9.17, 15) is 13.6 Å². The van der Waals surface area contributed by atoms with Crippen LogP contribution in [0.15, 0.2) is 36.3 Å². The third-order valence-electron chi connectivity index (χ3n) is 7.87. The molecular formula is C27H47F2N7OS3. The van der Waals surface area contributed by atoms with Crippen molar-refractivity contribution in [1.29, 1.82) is 0 Å². The molecule has 0 spiro atoms. The summed E-state index contributed by atoms with van der Waals surface area (Å²) in [4.78, 5) is 20.0. The van der Waals surface area contributed by atoms with Crippen LogP contribution in [0.4, 0.5) is 8.78 Å². The Morgan fingerprint density at radius 1 is 1.05 bits per heavy atom. The van der Waals surface area contributed by atoms with E-state index in [4.69, 9.17) is 0 Å². The number of nitrogens with zero attached hydrogens (tertiary/aromatic N) is 5. The SMILES string of the molecule is CC.CC.CN1NC2NC(C(F)F)C=C([C@H]3CC[C@H]4CC[C@H]3CN4C(=O)c3cc4ccn(C)c4cn3)N21.S.S.S. The molecule has 0 radical (unpaired) electrons. The molecule has 4 aliphatic heterocycles. The fourth-order valence-electron chi connectivity index (χ4n) is 6.13. The van der Waals surface area contributed by atoms with Crippen molar-refractivity contribution in [2.24, 2.45) is 18.9 Å². The number of hydrogen-bond acceptors (Lipinski definition) is 6. The van der Waals surface area contributed by atoms with Gasteiger partial charge in [-0.25, -0.2) is 19.2 Å². The third-order valence-corrected chi connectivity index (χ3v) is 7.87. The highest BCUT2D eigenvalue weighted by molar-refractivity contribution is 7.59. The van der Waals surface area contributed by atoms with Gasteiger partial charge in [-0.15, -0.1) is 0 Å². The van der Waals surface area contributed by atoms with Crippen molar-refractivity contribution in [3.63, 3.8) is 0 Å². The zero-order valence-electron chi connectivity index (χ0n) is 24.3. The van der Waals surface area contributed by atoms with Crippen LogP contribution in [-0.2, 0) is 7.05 Å². The van der Waals surface area contributed by atoms with Gasteiger partial charge in [0.15, 0.2) is 6.29 Å². The number of carbonyl (C=O) groups excluding carboxylic acids is 1. The van der Waals surface area contributed by atoms with Gasteiger partial charge in [-0.2, -0.15) is 45.6 Å². The fourth-order valence-corrected chi connectivity index (χ4v) is 6.13. The summed E-state index contributed by atoms with van der Waals surface area (Å²) >= 11 is 0. The molecule has 3 saturated heterocycles. The number of allylic oxidation sites excluding steroid dienone is 1. The number of carbonyl (C=O) groups is 1. The number of nitrogens with one attached hydrogen (secondary N) is 2. The molecule has 5 atom stereocenters. The summed E-state index contributed by atoms with van der Waals surface area (Å²) in [7, 11) is 3.85. The van der Waals surface area contributed by atoms with E-state index in [2.05, 4.69) is 15.7 Å². The lowest BCUT2D eigenvalue weighted by Gasteiger charge is -2.57. The number of fused-ring (bicyclic) bond motifs is 6. The maximum absolute atomic E-state index is 13.6. The average Bonchev–Trinajstić information content (AvgIpc) is 3.07. The number of alkyl halides is 2. The smallest absolute Gasteiger partial charge is 0.272 e. The number of halogens is 2. The lowest BCUT2D eigenvalue weighted by molar-refractivity contribution is -0.218. The van der Waals surface area contributed by atoms with Gasteiger partial charge in [-0.3, -0.25) is 15.1 Å². The molecule has 13 heteroatoms. The summed E-state index contributed by atoms with van der Waals surface area (Å²) in [5, 5.41) is 7.85. The molecule has 2 unspecified atom stereocenters. The first-order chi connectivity index (χ1) is 17.9. The Morgan fingerprint density at radius 2 is 1.73 bits per heavy atom. The summed E-state index contributed by atoms with van der Waals surface area (Å²) in [5.74, 6) is 0.361. The molecule has 2 bridgehead atoms. The highest BCUT2D eigenvalue weighted by Crippen LogP contribution is 2.44. The van der Waals surface area contributed by atoms with E-state index in [0.717, 1.165) is 42.3 Å². The van der Waals surface area contributed by atoms with Gasteiger partial charge in [0.1, 0.15) is 5.69 Å². The molecule has 5 aliphatic rings. The van der Waals surface area contributed by atoms with Gasteiger partial charge in [-0.05, 0) is 49.8 Å². The van der Waals surface area contributed by atoms with Gasteiger partial charge in [-0.1, -0.05) is 27.7 Å². The molecule has 8 nitrogen and oxygen atoms in total. The summed E-state index contributed by atoms with van der Waals surface area (Å²) in [6, 6.07) is 3.07. The second kappa shape index (κ2) is 15.6. The van der Waals surface area contributed by atoms with Crippen LogP contribution in [0.5, 0.6) is 0 Å². The minimum atomic E-state index is -2.46. The number of hydrogen-bond donors (Lipinski definition) is 2.